The maximum absolute atomic E-state index is 14.7. The van der Waals surface area contributed by atoms with E-state index in [2.05, 4.69) is 42.2 Å². The molecule has 9 rings (SSSR count). The molecule has 0 spiro atoms. The number of hydrogen-bond acceptors (Lipinski definition) is 32. The number of nitrogen functional groups attached to an aromatic ring is 3. The van der Waals surface area contributed by atoms with Gasteiger partial charge in [0.15, 0.2) is 29.8 Å². The number of ether oxygens (including phenoxy) is 10. The lowest BCUT2D eigenvalue weighted by Crippen LogP contribution is -2.41. The molecule has 516 valence electrons. The van der Waals surface area contributed by atoms with Crippen LogP contribution in [0.1, 0.15) is 54.4 Å². The summed E-state index contributed by atoms with van der Waals surface area (Å²) in [5.74, 6) is -0.580. The zero-order valence-corrected chi connectivity index (χ0v) is 54.2. The Labute approximate surface area is 530 Å². The molecule has 17 atom stereocenters. The molecule has 0 amide bonds. The number of rotatable bonds is 32. The van der Waals surface area contributed by atoms with Crippen LogP contribution in [0.15, 0.2) is 48.9 Å². The molecule has 4 fully saturated rings. The number of nitrogens with zero attached hydrogens (tertiary/aromatic N) is 8. The molecule has 6 unspecified atom stereocenters. The van der Waals surface area contributed by atoms with Crippen LogP contribution in [0, 0.1) is 20.8 Å². The summed E-state index contributed by atoms with van der Waals surface area (Å²) in [5.41, 5.74) is 14.3. The maximum atomic E-state index is 14.7. The summed E-state index contributed by atoms with van der Waals surface area (Å²) in [6.07, 6.45) is -15.6. The highest BCUT2D eigenvalue weighted by molar-refractivity contribution is 8.44. The van der Waals surface area contributed by atoms with Crippen LogP contribution in [-0.4, -0.2) is 212 Å². The van der Waals surface area contributed by atoms with Gasteiger partial charge in [-0.2, -0.15) is 15.0 Å². The highest BCUT2D eigenvalue weighted by Gasteiger charge is 2.56. The van der Waals surface area contributed by atoms with Gasteiger partial charge in [-0.15, -0.1) is 0 Å². The van der Waals surface area contributed by atoms with Crippen LogP contribution in [0.25, 0.3) is 11.2 Å². The van der Waals surface area contributed by atoms with E-state index in [9.17, 15) is 52.6 Å². The van der Waals surface area contributed by atoms with Crippen molar-refractivity contribution in [3.8, 4) is 0 Å². The molecule has 5 aromatic rings. The number of phosphoric ester groups is 2. The highest BCUT2D eigenvalue weighted by atomic mass is 32.7. The SMILES string of the molecule is COCCO[C@H]1C(OP(=O)(O)OC[C@@H]2CC[C@H](n3cc(C)c(=O)[nH]c3=O)O2)[C@@H](COP(=O)(O)OC2[C@@H](COP(=O)(S)OC3[C@@H](CO)O[C@@H](n4cnc5c(=O)[nH]c(N)nc54)[C@H]3OCCOC)O[C@@H](n3cc(C)c(N)nc3=O)[C@H]2OCCOC)O[C@H]1n1cc(C)c(N)nc1=O. The predicted octanol–water partition coefficient (Wildman–Crippen LogP) is -1.24. The van der Waals surface area contributed by atoms with E-state index < -0.39 is 163 Å². The summed E-state index contributed by atoms with van der Waals surface area (Å²) in [6.45, 7) is -4.58. The Balaban J connectivity index is 0.992. The largest absolute Gasteiger partial charge is 0.472 e. The van der Waals surface area contributed by atoms with E-state index in [1.54, 1.807) is 0 Å². The van der Waals surface area contributed by atoms with Crippen molar-refractivity contribution in [2.75, 3.05) is 105 Å². The van der Waals surface area contributed by atoms with Crippen LogP contribution in [0.4, 0.5) is 17.6 Å². The molecule has 0 radical (unpaired) electrons. The van der Waals surface area contributed by atoms with Crippen molar-refractivity contribution >= 4 is 63.4 Å². The number of aliphatic hydroxyl groups is 1. The van der Waals surface area contributed by atoms with Crippen molar-refractivity contribution in [3.63, 3.8) is 0 Å². The highest BCUT2D eigenvalue weighted by Crippen LogP contribution is 2.58. The van der Waals surface area contributed by atoms with Crippen molar-refractivity contribution < 1.29 is 103 Å². The van der Waals surface area contributed by atoms with E-state index >= 15 is 0 Å². The first kappa shape index (κ1) is 71.8. The molecular weight excluding hydrogens is 1330 g/mol. The molecule has 4 saturated heterocycles. The summed E-state index contributed by atoms with van der Waals surface area (Å²) in [5, 5.41) is 10.6. The number of aromatic nitrogens is 10. The zero-order chi connectivity index (χ0) is 67.3. The molecule has 44 heteroatoms. The second-order valence-electron chi connectivity index (χ2n) is 21.4. The fourth-order valence-electron chi connectivity index (χ4n) is 10.5. The summed E-state index contributed by atoms with van der Waals surface area (Å²) >= 11 is 4.26. The van der Waals surface area contributed by atoms with Gasteiger partial charge in [0, 0.05) is 56.6 Å². The first-order chi connectivity index (χ1) is 44.1. The third kappa shape index (κ3) is 17.0. The van der Waals surface area contributed by atoms with Crippen LogP contribution < -0.4 is 45.4 Å². The summed E-state index contributed by atoms with van der Waals surface area (Å²) in [4.78, 5) is 108. The molecule has 4 aliphatic rings. The Morgan fingerprint density at radius 3 is 1.57 bits per heavy atom. The second kappa shape index (κ2) is 30.7. The lowest BCUT2D eigenvalue weighted by molar-refractivity contribution is -0.0847. The molecule has 11 N–H and O–H groups in total. The molecule has 0 aliphatic carbocycles. The molecule has 93 heavy (non-hydrogen) atoms. The normalized spacial score (nSPS) is 28.5. The minimum absolute atomic E-state index is 0.0187. The Morgan fingerprint density at radius 2 is 1.05 bits per heavy atom. The van der Waals surface area contributed by atoms with E-state index in [-0.39, 0.29) is 97.9 Å². The predicted molar refractivity (Wildman–Crippen MR) is 319 cm³/mol. The number of thiol groups is 1. The first-order valence-electron chi connectivity index (χ1n) is 28.4. The smallest absolute Gasteiger partial charge is 0.394 e. The number of hydrogen-bond donors (Lipinski definition) is 9. The first-order valence-corrected chi connectivity index (χ1v) is 34.1. The van der Waals surface area contributed by atoms with Crippen molar-refractivity contribution in [2.24, 2.45) is 0 Å². The Kier molecular flexibility index (Phi) is 23.7. The number of H-pyrrole nitrogens is 2. The molecule has 40 nitrogen and oxygen atoms in total. The van der Waals surface area contributed by atoms with Crippen LogP contribution >= 0.6 is 34.7 Å². The number of nitrogens with one attached hydrogen (secondary N) is 2. The van der Waals surface area contributed by atoms with Gasteiger partial charge in [-0.1, -0.05) is 12.2 Å². The maximum Gasteiger partial charge on any atom is 0.472 e. The van der Waals surface area contributed by atoms with Gasteiger partial charge in [0.2, 0.25) is 5.95 Å². The Morgan fingerprint density at radius 1 is 0.581 bits per heavy atom. The lowest BCUT2D eigenvalue weighted by Gasteiger charge is -2.29. The number of methoxy groups -OCH3 is 3. The number of aryl methyl sites for hydroxylation is 3. The van der Waals surface area contributed by atoms with E-state index in [0.717, 1.165) is 13.7 Å². The second-order valence-corrected chi connectivity index (χ2v) is 27.1. The number of imidazole rings is 1. The molecule has 4 aliphatic heterocycles. The third-order valence-electron chi connectivity index (χ3n) is 15.0. The minimum Gasteiger partial charge on any atom is -0.394 e. The van der Waals surface area contributed by atoms with Gasteiger partial charge in [0.1, 0.15) is 72.8 Å². The monoisotopic (exact) mass is 1400 g/mol. The van der Waals surface area contributed by atoms with Gasteiger partial charge in [-0.25, -0.2) is 33.1 Å². The van der Waals surface area contributed by atoms with Crippen molar-refractivity contribution in [2.45, 2.75) is 120 Å². The van der Waals surface area contributed by atoms with Gasteiger partial charge in [0.25, 0.3) is 11.1 Å². The number of anilines is 3. The Hall–Kier alpha value is -5.53. The lowest BCUT2D eigenvalue weighted by atomic mass is 10.1. The van der Waals surface area contributed by atoms with Gasteiger partial charge >= 0.3 is 39.5 Å². The van der Waals surface area contributed by atoms with Crippen molar-refractivity contribution in [1.29, 1.82) is 0 Å². The van der Waals surface area contributed by atoms with Gasteiger partial charge in [0.05, 0.1) is 78.5 Å². The standard InChI is InChI=1S/C49H72N13O27P3S/c1-23-15-60(47(66)54-38(23)50)43-36(78-13-10-75-5)33(87-90(69,70)80-19-26-7-8-30(83-26)59-17-25(3)41(64)58-49(59)68)28(85-43)20-81-91(71,72)88-34-29(86-44(37(34)79-14-11-76-6)61-16-24(2)39(51)55-48(61)67)21-82-92(73,93)89-32-27(18-63)84-45(35(32)77-12-9-74-4)62-22-53-31-40(62)56-46(52)57-42(31)65/h15-17,22,26-30,32-37,43-45,63H,7-14,18-21H2,1-6H3,(H,69,70)(H,71,72)(H,73,93)(H2,50,54,66)(H2,51,55,67)(H,58,64,68)(H3,52,56,57,65)/t26-,27+,28+,29+,30+,32?,33?,34?,35-,36-,37-,43+,44+,45+,92?/m0/s1. The van der Waals surface area contributed by atoms with Crippen LogP contribution in [-0.2, 0) is 88.2 Å². The molecule has 0 aromatic carbocycles. The van der Waals surface area contributed by atoms with E-state index in [1.165, 1.54) is 71.6 Å². The van der Waals surface area contributed by atoms with Crippen molar-refractivity contribution in [1.82, 2.24) is 48.2 Å². The summed E-state index contributed by atoms with van der Waals surface area (Å²) < 4.78 is 141. The minimum atomic E-state index is -5.66. The number of aliphatic hydroxyl groups excluding tert-OH is 1. The molecule has 5 aromatic heterocycles. The van der Waals surface area contributed by atoms with Crippen molar-refractivity contribution in [3.05, 3.63) is 93.8 Å². The fraction of sp³-hybridized carbons (Fsp3) is 0.653. The quantitative estimate of drug-likeness (QED) is 0.0138. The van der Waals surface area contributed by atoms with Crippen LogP contribution in [0.3, 0.4) is 0 Å². The van der Waals surface area contributed by atoms with Gasteiger partial charge in [-0.3, -0.25) is 65.0 Å². The average molecular weight is 1400 g/mol. The summed E-state index contributed by atoms with van der Waals surface area (Å²) in [7, 11) is -6.89. The Bertz CT molecular complexity index is 3900. The molecule has 0 bridgehead atoms. The molecular formula is C49H72N13O27P3S. The van der Waals surface area contributed by atoms with Gasteiger partial charge in [-0.05, 0) is 33.6 Å². The summed E-state index contributed by atoms with van der Waals surface area (Å²) in [6, 6.07) is 0. The number of phosphoric acid groups is 2. The number of fused-ring (bicyclic) bond motifs is 1. The molecule has 9 heterocycles. The van der Waals surface area contributed by atoms with Crippen LogP contribution in [0.5, 0.6) is 0 Å². The van der Waals surface area contributed by atoms with E-state index in [1.807, 2.05) is 0 Å². The third-order valence-corrected chi connectivity index (χ3v) is 18.6. The van der Waals surface area contributed by atoms with Crippen LogP contribution in [0.2, 0.25) is 0 Å². The van der Waals surface area contributed by atoms with Gasteiger partial charge < -0.3 is 79.5 Å². The number of nitrogens with two attached hydrogens (primary N) is 3. The van der Waals surface area contributed by atoms with E-state index in [0.29, 0.717) is 0 Å². The average Bonchev–Trinajstić information content (AvgIpc) is 1.64. The molecule has 0 saturated carbocycles. The fourth-order valence-corrected chi connectivity index (χ4v) is 13.9. The topological polar surface area (TPSA) is 526 Å². The number of aromatic amines is 2. The zero-order valence-electron chi connectivity index (χ0n) is 50.6. The van der Waals surface area contributed by atoms with E-state index in [4.69, 9.17) is 91.7 Å².